The first-order valence-electron chi connectivity index (χ1n) is 9.43. The Bertz CT molecular complexity index is 1040. The molecule has 1 aliphatic rings. The van der Waals surface area contributed by atoms with E-state index in [9.17, 15) is 9.59 Å². The largest absolute Gasteiger partial charge is 0.477 e. The minimum atomic E-state index is -0.768. The maximum atomic E-state index is 13.4. The average Bonchev–Trinajstić information content (AvgIpc) is 3.07. The van der Waals surface area contributed by atoms with Gasteiger partial charge in [0.15, 0.2) is 11.9 Å². The van der Waals surface area contributed by atoms with E-state index in [-0.39, 0.29) is 24.1 Å². The number of hydrogen-bond donors (Lipinski definition) is 1. The highest BCUT2D eigenvalue weighted by molar-refractivity contribution is 6.09. The van der Waals surface area contributed by atoms with Gasteiger partial charge in [-0.25, -0.2) is 0 Å². The fourth-order valence-corrected chi connectivity index (χ4v) is 3.43. The monoisotopic (exact) mass is 378 g/mol. The van der Waals surface area contributed by atoms with Crippen LogP contribution in [0.5, 0.6) is 5.75 Å². The number of rotatable bonds is 4. The van der Waals surface area contributed by atoms with E-state index in [0.717, 1.165) is 17.4 Å². The molecule has 1 aromatic heterocycles. The van der Waals surface area contributed by atoms with Crippen molar-refractivity contribution in [2.75, 3.05) is 18.0 Å². The van der Waals surface area contributed by atoms with Crippen molar-refractivity contribution in [1.82, 2.24) is 5.32 Å². The van der Waals surface area contributed by atoms with Gasteiger partial charge in [0.2, 0.25) is 0 Å². The van der Waals surface area contributed by atoms with Gasteiger partial charge in [0.05, 0.1) is 12.2 Å². The topological polar surface area (TPSA) is 71.8 Å². The summed E-state index contributed by atoms with van der Waals surface area (Å²) in [7, 11) is 0. The number of hydrogen-bond acceptors (Lipinski definition) is 4. The molecule has 2 amide bonds. The lowest BCUT2D eigenvalue weighted by atomic mass is 10.1. The number of nitrogens with zero attached hydrogens (tertiary/aromatic N) is 1. The Morgan fingerprint density at radius 3 is 2.68 bits per heavy atom. The van der Waals surface area contributed by atoms with Crippen molar-refractivity contribution in [3.8, 4) is 5.75 Å². The number of furan rings is 1. The number of carbonyl (C=O) groups excluding carboxylic acids is 2. The predicted molar refractivity (Wildman–Crippen MR) is 107 cm³/mol. The summed E-state index contributed by atoms with van der Waals surface area (Å²) in [6.45, 7) is 4.55. The number of nitrogens with one attached hydrogen (secondary N) is 1. The van der Waals surface area contributed by atoms with E-state index in [1.807, 2.05) is 56.3 Å². The van der Waals surface area contributed by atoms with Crippen molar-refractivity contribution in [3.63, 3.8) is 0 Å². The van der Waals surface area contributed by atoms with Crippen molar-refractivity contribution < 1.29 is 18.7 Å². The van der Waals surface area contributed by atoms with E-state index in [2.05, 4.69) is 5.32 Å². The first kappa shape index (κ1) is 18.1. The zero-order chi connectivity index (χ0) is 19.7. The number of amides is 2. The van der Waals surface area contributed by atoms with Gasteiger partial charge in [0.1, 0.15) is 11.3 Å². The molecule has 2 aromatic carbocycles. The number of fused-ring (bicyclic) bond motifs is 2. The lowest BCUT2D eigenvalue weighted by molar-refractivity contribution is -0.127. The van der Waals surface area contributed by atoms with Crippen LogP contribution in [0, 0.1) is 6.92 Å². The molecule has 1 atom stereocenters. The van der Waals surface area contributed by atoms with E-state index in [4.69, 9.17) is 9.15 Å². The third-order valence-corrected chi connectivity index (χ3v) is 4.90. The normalized spacial score (nSPS) is 15.8. The highest BCUT2D eigenvalue weighted by atomic mass is 16.5. The van der Waals surface area contributed by atoms with Crippen molar-refractivity contribution in [2.24, 2.45) is 0 Å². The molecule has 0 spiro atoms. The maximum Gasteiger partial charge on any atom is 0.294 e. The van der Waals surface area contributed by atoms with Gasteiger partial charge in [-0.15, -0.1) is 0 Å². The Labute approximate surface area is 163 Å². The van der Waals surface area contributed by atoms with Crippen molar-refractivity contribution in [2.45, 2.75) is 26.4 Å². The summed E-state index contributed by atoms with van der Waals surface area (Å²) >= 11 is 0. The molecule has 1 N–H and O–H groups in total. The lowest BCUT2D eigenvalue weighted by Crippen LogP contribution is -2.50. The average molecular weight is 378 g/mol. The van der Waals surface area contributed by atoms with E-state index in [0.29, 0.717) is 23.6 Å². The smallest absolute Gasteiger partial charge is 0.294 e. The molecule has 0 aliphatic carbocycles. The first-order valence-corrected chi connectivity index (χ1v) is 9.43. The molecule has 1 aliphatic heterocycles. The van der Waals surface area contributed by atoms with Gasteiger partial charge in [-0.2, -0.15) is 0 Å². The summed E-state index contributed by atoms with van der Waals surface area (Å²) in [4.78, 5) is 27.4. The second-order valence-electron chi connectivity index (χ2n) is 6.83. The highest BCUT2D eigenvalue weighted by Crippen LogP contribution is 2.35. The SMILES string of the molecule is CCCNC(=O)[C@@H]1CN(C(=O)c2oc3ccccc3c2C)c2ccccc2O1. The van der Waals surface area contributed by atoms with Crippen molar-refractivity contribution in [1.29, 1.82) is 0 Å². The van der Waals surface area contributed by atoms with E-state index in [1.165, 1.54) is 0 Å². The van der Waals surface area contributed by atoms with Crippen LogP contribution >= 0.6 is 0 Å². The van der Waals surface area contributed by atoms with Crippen LogP contribution in [0.2, 0.25) is 0 Å². The Hall–Kier alpha value is -3.28. The zero-order valence-electron chi connectivity index (χ0n) is 15.9. The van der Waals surface area contributed by atoms with Gasteiger partial charge in [-0.3, -0.25) is 14.5 Å². The van der Waals surface area contributed by atoms with Crippen LogP contribution in [-0.4, -0.2) is 31.0 Å². The molecule has 0 fully saturated rings. The van der Waals surface area contributed by atoms with E-state index < -0.39 is 6.10 Å². The molecule has 144 valence electrons. The molecule has 3 aromatic rings. The number of anilines is 1. The van der Waals surface area contributed by atoms with Crippen LogP contribution in [-0.2, 0) is 4.79 Å². The van der Waals surface area contributed by atoms with Gasteiger partial charge >= 0.3 is 0 Å². The van der Waals surface area contributed by atoms with Gasteiger partial charge < -0.3 is 14.5 Å². The molecular weight excluding hydrogens is 356 g/mol. The van der Waals surface area contributed by atoms with Gasteiger partial charge in [0.25, 0.3) is 11.8 Å². The number of aryl methyl sites for hydroxylation is 1. The van der Waals surface area contributed by atoms with Crippen LogP contribution in [0.3, 0.4) is 0 Å². The Balaban J connectivity index is 1.71. The molecule has 28 heavy (non-hydrogen) atoms. The predicted octanol–water partition coefficient (Wildman–Crippen LogP) is 3.68. The first-order chi connectivity index (χ1) is 13.6. The van der Waals surface area contributed by atoms with Gasteiger partial charge in [-0.1, -0.05) is 37.3 Å². The fourth-order valence-electron chi connectivity index (χ4n) is 3.43. The number of carbonyl (C=O) groups is 2. The third kappa shape index (κ3) is 3.11. The summed E-state index contributed by atoms with van der Waals surface area (Å²) in [5.74, 6) is 0.284. The molecule has 0 saturated carbocycles. The molecular formula is C22H22N2O4. The molecule has 6 nitrogen and oxygen atoms in total. The van der Waals surface area contributed by atoms with Crippen molar-refractivity contribution >= 4 is 28.5 Å². The third-order valence-electron chi connectivity index (χ3n) is 4.90. The zero-order valence-corrected chi connectivity index (χ0v) is 15.9. The molecule has 2 heterocycles. The minimum absolute atomic E-state index is 0.127. The summed E-state index contributed by atoms with van der Waals surface area (Å²) in [5.41, 5.74) is 2.09. The van der Waals surface area contributed by atoms with Crippen LogP contribution in [0.25, 0.3) is 11.0 Å². The quantitative estimate of drug-likeness (QED) is 0.752. The molecule has 0 unspecified atom stereocenters. The Morgan fingerprint density at radius 1 is 1.14 bits per heavy atom. The summed E-state index contributed by atoms with van der Waals surface area (Å²) in [5, 5.41) is 3.75. The summed E-state index contributed by atoms with van der Waals surface area (Å²) in [6.07, 6.45) is 0.0608. The highest BCUT2D eigenvalue weighted by Gasteiger charge is 2.35. The van der Waals surface area contributed by atoms with Crippen LogP contribution in [0.15, 0.2) is 52.9 Å². The van der Waals surface area contributed by atoms with Gasteiger partial charge in [0, 0.05) is 17.5 Å². The fraction of sp³-hybridized carbons (Fsp3) is 0.273. The van der Waals surface area contributed by atoms with E-state index >= 15 is 0 Å². The molecule has 0 saturated heterocycles. The molecule has 0 bridgehead atoms. The second-order valence-corrected chi connectivity index (χ2v) is 6.83. The molecule has 6 heteroatoms. The summed E-state index contributed by atoms with van der Waals surface area (Å²) < 4.78 is 11.7. The van der Waals surface area contributed by atoms with Gasteiger partial charge in [-0.05, 0) is 31.5 Å². The Kier molecular flexibility index (Phi) is 4.77. The number of para-hydroxylation sites is 3. The van der Waals surface area contributed by atoms with Crippen LogP contribution < -0.4 is 15.0 Å². The molecule has 4 rings (SSSR count). The number of ether oxygens (including phenoxy) is 1. The lowest BCUT2D eigenvalue weighted by Gasteiger charge is -2.33. The standard InChI is InChI=1S/C22H22N2O4/c1-3-12-23-21(25)19-13-24(16-9-5-7-11-18(16)27-19)22(26)20-14(2)15-8-4-6-10-17(15)28-20/h4-11,19H,3,12-13H2,1-2H3,(H,23,25)/t19-/m0/s1. The Morgan fingerprint density at radius 2 is 1.89 bits per heavy atom. The van der Waals surface area contributed by atoms with E-state index in [1.54, 1.807) is 11.0 Å². The van der Waals surface area contributed by atoms with Crippen molar-refractivity contribution in [3.05, 3.63) is 59.9 Å². The van der Waals surface area contributed by atoms with Crippen LogP contribution in [0.4, 0.5) is 5.69 Å². The van der Waals surface area contributed by atoms with Crippen LogP contribution in [0.1, 0.15) is 29.5 Å². The minimum Gasteiger partial charge on any atom is -0.477 e. The second kappa shape index (κ2) is 7.38. The number of benzene rings is 2. The molecule has 0 radical (unpaired) electrons. The maximum absolute atomic E-state index is 13.4. The summed E-state index contributed by atoms with van der Waals surface area (Å²) in [6, 6.07) is 14.8.